The summed E-state index contributed by atoms with van der Waals surface area (Å²) < 4.78 is 46.1. The predicted molar refractivity (Wildman–Crippen MR) is 56.2 cm³/mol. The summed E-state index contributed by atoms with van der Waals surface area (Å²) in [5, 5.41) is 4.60. The van der Waals surface area contributed by atoms with Crippen molar-refractivity contribution in [2.75, 3.05) is 5.01 Å². The highest BCUT2D eigenvalue weighted by atomic mass is 16.2. The number of rotatable bonds is 1. The first-order valence-electron chi connectivity index (χ1n) is 7.07. The Morgan fingerprint density at radius 3 is 2.64 bits per heavy atom. The number of carbonyl (C=O) groups is 1. The van der Waals surface area contributed by atoms with Crippen LogP contribution in [0.3, 0.4) is 0 Å². The van der Waals surface area contributed by atoms with Crippen LogP contribution in [0.5, 0.6) is 0 Å². The summed E-state index contributed by atoms with van der Waals surface area (Å²) in [5.41, 5.74) is -0.120. The lowest BCUT2D eigenvalue weighted by Crippen LogP contribution is -2.24. The van der Waals surface area contributed by atoms with E-state index in [9.17, 15) is 4.79 Å². The van der Waals surface area contributed by atoms with Gasteiger partial charge in [0.15, 0.2) is 0 Å². The van der Waals surface area contributed by atoms with Gasteiger partial charge in [0.1, 0.15) is 0 Å². The summed E-state index contributed by atoms with van der Waals surface area (Å²) in [6, 6.07) is -2.65. The van der Waals surface area contributed by atoms with Gasteiger partial charge in [0, 0.05) is 7.08 Å². The van der Waals surface area contributed by atoms with Gasteiger partial charge < -0.3 is 0 Å². The second-order valence-electron chi connectivity index (χ2n) is 2.90. The summed E-state index contributed by atoms with van der Waals surface area (Å²) in [6.45, 7) is 2.84. The first-order valence-corrected chi connectivity index (χ1v) is 4.07. The minimum Gasteiger partial charge on any atom is -0.272 e. The molecule has 1 heterocycles. The zero-order valence-corrected chi connectivity index (χ0v) is 7.80. The highest BCUT2D eigenvalue weighted by Crippen LogP contribution is 2.22. The fourth-order valence-electron chi connectivity index (χ4n) is 1.08. The van der Waals surface area contributed by atoms with E-state index >= 15 is 0 Å². The average molecular weight is 194 g/mol. The largest absolute Gasteiger partial charge is 0.272 e. The summed E-state index contributed by atoms with van der Waals surface area (Å²) in [7, 11) is 0. The molecule has 0 aromatic heterocycles. The van der Waals surface area contributed by atoms with Crippen molar-refractivity contribution in [1.29, 1.82) is 0 Å². The van der Waals surface area contributed by atoms with Gasteiger partial charge >= 0.3 is 0 Å². The molecule has 1 aliphatic heterocycles. The van der Waals surface area contributed by atoms with Crippen LogP contribution in [0.1, 0.15) is 22.1 Å². The second kappa shape index (κ2) is 3.25. The highest BCUT2D eigenvalue weighted by Gasteiger charge is 2.30. The molecule has 0 aliphatic carbocycles. The zero-order chi connectivity index (χ0) is 15.4. The summed E-state index contributed by atoms with van der Waals surface area (Å²) >= 11 is 0. The average Bonchev–Trinajstić information content (AvgIpc) is 2.58. The van der Waals surface area contributed by atoms with E-state index in [0.717, 1.165) is 5.01 Å². The first-order chi connectivity index (χ1) is 9.10. The molecule has 1 aromatic rings. The lowest BCUT2D eigenvalue weighted by atomic mass is 10.1. The molecule has 2 rings (SSSR count). The molecular weight excluding hydrogens is 176 g/mol. The molecule has 1 aliphatic rings. The Hall–Kier alpha value is -1.64. The minimum atomic E-state index is -1.59. The minimum absolute atomic E-state index is 0.203. The highest BCUT2D eigenvalue weighted by molar-refractivity contribution is 6.14. The summed E-state index contributed by atoms with van der Waals surface area (Å²) in [5.74, 6) is -2.34. The predicted octanol–water partition coefficient (Wildman–Crippen LogP) is 2.05. The van der Waals surface area contributed by atoms with Gasteiger partial charge in [-0.3, -0.25) is 4.79 Å². The van der Waals surface area contributed by atoms with Crippen LogP contribution in [0.4, 0.5) is 5.69 Å². The molecule has 14 heavy (non-hydrogen) atoms. The summed E-state index contributed by atoms with van der Waals surface area (Å²) in [4.78, 5) is 12.1. The van der Waals surface area contributed by atoms with Gasteiger partial charge in [-0.1, -0.05) is 18.1 Å². The molecule has 0 N–H and O–H groups in total. The number of hydrazone groups is 1. The maximum atomic E-state index is 12.1. The van der Waals surface area contributed by atoms with Crippen LogP contribution >= 0.6 is 0 Å². The fourth-order valence-corrected chi connectivity index (χ4v) is 1.08. The van der Waals surface area contributed by atoms with Crippen molar-refractivity contribution in [1.82, 2.24) is 0 Å². The van der Waals surface area contributed by atoms with Crippen LogP contribution in [0.15, 0.2) is 35.3 Å². The number of amides is 1. The monoisotopic (exact) mass is 194 g/mol. The third-order valence-corrected chi connectivity index (χ3v) is 2.00. The quantitative estimate of drug-likeness (QED) is 0.673. The number of hydrogen-bond acceptors (Lipinski definition) is 2. The van der Waals surface area contributed by atoms with E-state index in [1.807, 2.05) is 0 Å². The molecule has 1 unspecified atom stereocenters. The maximum Gasteiger partial charge on any atom is 0.255 e. The van der Waals surface area contributed by atoms with E-state index in [1.54, 1.807) is 0 Å². The molecule has 3 heteroatoms. The molecule has 1 aromatic carbocycles. The molecule has 0 spiro atoms. The standard InChI is InChI=1S/C11H12N2O/c1-8-9(2)12-13(11(8)14)10-6-4-3-5-7-10/h3-8H,1-2H3/i3D,4D,5D,6D,7D,8D. The van der Waals surface area contributed by atoms with Gasteiger partial charge in [-0.2, -0.15) is 5.10 Å². The van der Waals surface area contributed by atoms with Crippen molar-refractivity contribution in [2.45, 2.75) is 13.8 Å². The van der Waals surface area contributed by atoms with Crippen LogP contribution in [0.2, 0.25) is 0 Å². The molecule has 0 radical (unpaired) electrons. The molecule has 1 atom stereocenters. The summed E-state index contributed by atoms with van der Waals surface area (Å²) in [6.07, 6.45) is 0. The van der Waals surface area contributed by atoms with Crippen LogP contribution < -0.4 is 5.01 Å². The Morgan fingerprint density at radius 2 is 2.14 bits per heavy atom. The second-order valence-corrected chi connectivity index (χ2v) is 2.90. The van der Waals surface area contributed by atoms with Gasteiger partial charge in [0.2, 0.25) is 0 Å². The smallest absolute Gasteiger partial charge is 0.255 e. The van der Waals surface area contributed by atoms with Gasteiger partial charge in [0.05, 0.1) is 18.4 Å². The van der Waals surface area contributed by atoms with Crippen LogP contribution in [-0.4, -0.2) is 11.6 Å². The molecule has 0 fully saturated rings. The van der Waals surface area contributed by atoms with E-state index in [-0.39, 0.29) is 11.4 Å². The number of anilines is 1. The van der Waals surface area contributed by atoms with E-state index in [0.29, 0.717) is 0 Å². The van der Waals surface area contributed by atoms with E-state index in [2.05, 4.69) is 5.10 Å². The molecule has 0 bridgehead atoms. The van der Waals surface area contributed by atoms with Crippen LogP contribution in [0.25, 0.3) is 0 Å². The molecular formula is C11H12N2O. The third kappa shape index (κ3) is 1.31. The van der Waals surface area contributed by atoms with Gasteiger partial charge in [-0.25, -0.2) is 5.01 Å². The Morgan fingerprint density at radius 1 is 1.50 bits per heavy atom. The van der Waals surface area contributed by atoms with Gasteiger partial charge in [-0.05, 0) is 25.9 Å². The van der Waals surface area contributed by atoms with E-state index < -0.39 is 42.0 Å². The van der Waals surface area contributed by atoms with Crippen molar-refractivity contribution in [3.63, 3.8) is 0 Å². The van der Waals surface area contributed by atoms with E-state index in [1.165, 1.54) is 13.8 Å². The molecule has 0 saturated heterocycles. The molecule has 1 amide bonds. The Bertz CT molecular complexity index is 626. The third-order valence-electron chi connectivity index (χ3n) is 2.00. The number of benzene rings is 1. The SMILES string of the molecule is [2H]c1c([2H])c([2H])c(N2N=C(C)C([2H])(C)C2=O)c([2H])c1[2H]. The zero-order valence-electron chi connectivity index (χ0n) is 13.8. The number of carbonyl (C=O) groups excluding carboxylic acids is 1. The molecule has 0 saturated carbocycles. The molecule has 72 valence electrons. The lowest BCUT2D eigenvalue weighted by Gasteiger charge is -2.11. The number of hydrogen-bond donors (Lipinski definition) is 0. The maximum absolute atomic E-state index is 12.1. The van der Waals surface area contributed by atoms with E-state index in [4.69, 9.17) is 8.22 Å². The number of nitrogens with zero attached hydrogens (tertiary/aromatic N) is 2. The van der Waals surface area contributed by atoms with Gasteiger partial charge in [0.25, 0.3) is 5.91 Å². The number of para-hydroxylation sites is 1. The molecule has 3 nitrogen and oxygen atoms in total. The van der Waals surface area contributed by atoms with Crippen molar-refractivity contribution >= 4 is 17.3 Å². The Kier molecular flexibility index (Phi) is 0.989. The topological polar surface area (TPSA) is 32.7 Å². The van der Waals surface area contributed by atoms with Crippen molar-refractivity contribution in [3.05, 3.63) is 30.2 Å². The van der Waals surface area contributed by atoms with Crippen molar-refractivity contribution in [2.24, 2.45) is 11.0 Å². The Balaban J connectivity index is 2.71. The van der Waals surface area contributed by atoms with Crippen LogP contribution in [0, 0.1) is 5.89 Å². The lowest BCUT2D eigenvalue weighted by molar-refractivity contribution is -0.119. The Labute approximate surface area is 91.5 Å². The fraction of sp³-hybridized carbons (Fsp3) is 0.273. The van der Waals surface area contributed by atoms with Crippen LogP contribution in [-0.2, 0) is 4.79 Å². The normalized spacial score (nSPS) is 32.6. The van der Waals surface area contributed by atoms with Crippen molar-refractivity contribution < 1.29 is 13.0 Å². The van der Waals surface area contributed by atoms with Crippen molar-refractivity contribution in [3.8, 4) is 0 Å². The van der Waals surface area contributed by atoms with Gasteiger partial charge in [-0.15, -0.1) is 0 Å². The first kappa shape index (κ1) is 4.26.